The van der Waals surface area contributed by atoms with Gasteiger partial charge in [0, 0.05) is 12.1 Å². The van der Waals surface area contributed by atoms with Crippen LogP contribution in [0.15, 0.2) is 0 Å². The third-order valence-electron chi connectivity index (χ3n) is 4.02. The third-order valence-corrected chi connectivity index (χ3v) is 4.02. The maximum Gasteiger partial charge on any atom is 0.0136 e. The molecule has 0 bridgehead atoms. The molecule has 2 heterocycles. The van der Waals surface area contributed by atoms with Crippen LogP contribution in [0.25, 0.3) is 0 Å². The second-order valence-electron chi connectivity index (χ2n) is 5.56. The van der Waals surface area contributed by atoms with Gasteiger partial charge in [0.05, 0.1) is 0 Å². The number of hydrogen-bond acceptors (Lipinski definition) is 2. The van der Waals surface area contributed by atoms with E-state index in [1.807, 2.05) is 0 Å². The van der Waals surface area contributed by atoms with Gasteiger partial charge in [0.2, 0.25) is 0 Å². The van der Waals surface area contributed by atoms with Crippen molar-refractivity contribution < 1.29 is 0 Å². The van der Waals surface area contributed by atoms with Gasteiger partial charge in [-0.2, -0.15) is 0 Å². The predicted octanol–water partition coefficient (Wildman–Crippen LogP) is 2.25. The molecule has 2 nitrogen and oxygen atoms in total. The molecule has 0 aromatic rings. The largest absolute Gasteiger partial charge is 0.314 e. The Morgan fingerprint density at radius 3 is 2.73 bits per heavy atom. The van der Waals surface area contributed by atoms with Crippen LogP contribution in [0.4, 0.5) is 0 Å². The molecule has 2 aliphatic heterocycles. The van der Waals surface area contributed by atoms with E-state index in [-0.39, 0.29) is 0 Å². The van der Waals surface area contributed by atoms with Crippen molar-refractivity contribution in [1.82, 2.24) is 10.2 Å². The fourth-order valence-corrected chi connectivity index (χ4v) is 3.20. The molecular weight excluding hydrogens is 184 g/mol. The minimum Gasteiger partial charge on any atom is -0.314 e. The molecule has 0 spiro atoms. The Kier molecular flexibility index (Phi) is 4.04. The molecule has 2 heteroatoms. The monoisotopic (exact) mass is 210 g/mol. The highest BCUT2D eigenvalue weighted by atomic mass is 15.2. The van der Waals surface area contributed by atoms with E-state index in [9.17, 15) is 0 Å². The van der Waals surface area contributed by atoms with Gasteiger partial charge in [0.1, 0.15) is 0 Å². The van der Waals surface area contributed by atoms with Crippen molar-refractivity contribution in [2.24, 2.45) is 5.92 Å². The van der Waals surface area contributed by atoms with E-state index < -0.39 is 0 Å². The third kappa shape index (κ3) is 2.94. The maximum atomic E-state index is 3.62. The molecule has 2 atom stereocenters. The highest BCUT2D eigenvalue weighted by Gasteiger charge is 2.32. The predicted molar refractivity (Wildman–Crippen MR) is 65.1 cm³/mol. The Bertz CT molecular complexity index is 189. The SMILES string of the molecule is CC(C)NC[C@@H]1CCCN2CCCC[C@@H]12. The lowest BCUT2D eigenvalue weighted by Crippen LogP contribution is -2.51. The summed E-state index contributed by atoms with van der Waals surface area (Å²) in [7, 11) is 0. The normalized spacial score (nSPS) is 33.0. The number of piperidine rings is 2. The summed E-state index contributed by atoms with van der Waals surface area (Å²) >= 11 is 0. The van der Waals surface area contributed by atoms with Crippen molar-refractivity contribution in [3.05, 3.63) is 0 Å². The number of hydrogen-bond donors (Lipinski definition) is 1. The van der Waals surface area contributed by atoms with Crippen LogP contribution in [0.5, 0.6) is 0 Å². The van der Waals surface area contributed by atoms with Gasteiger partial charge in [-0.15, -0.1) is 0 Å². The van der Waals surface area contributed by atoms with E-state index in [1.165, 1.54) is 51.7 Å². The fourth-order valence-electron chi connectivity index (χ4n) is 3.20. The van der Waals surface area contributed by atoms with E-state index in [0.717, 1.165) is 12.0 Å². The number of nitrogens with zero attached hydrogens (tertiary/aromatic N) is 1. The lowest BCUT2D eigenvalue weighted by atomic mass is 9.83. The van der Waals surface area contributed by atoms with Crippen LogP contribution in [0.3, 0.4) is 0 Å². The standard InChI is InChI=1S/C13H26N2/c1-11(2)14-10-12-6-5-9-15-8-4-3-7-13(12)15/h11-14H,3-10H2,1-2H3/t12-,13-/m0/s1. The molecule has 15 heavy (non-hydrogen) atoms. The van der Waals surface area contributed by atoms with Gasteiger partial charge in [0.15, 0.2) is 0 Å². The van der Waals surface area contributed by atoms with E-state index in [0.29, 0.717) is 6.04 Å². The van der Waals surface area contributed by atoms with Crippen molar-refractivity contribution in [3.8, 4) is 0 Å². The highest BCUT2D eigenvalue weighted by Crippen LogP contribution is 2.30. The van der Waals surface area contributed by atoms with Gasteiger partial charge >= 0.3 is 0 Å². The molecule has 0 aromatic heterocycles. The van der Waals surface area contributed by atoms with Gasteiger partial charge in [-0.1, -0.05) is 20.3 Å². The first-order valence-electron chi connectivity index (χ1n) is 6.75. The molecule has 88 valence electrons. The average molecular weight is 210 g/mol. The molecule has 1 N–H and O–H groups in total. The lowest BCUT2D eigenvalue weighted by Gasteiger charge is -2.44. The molecule has 0 aliphatic carbocycles. The first-order valence-corrected chi connectivity index (χ1v) is 6.75. The Labute approximate surface area is 94.4 Å². The first kappa shape index (κ1) is 11.4. The molecule has 0 amide bonds. The molecule has 0 unspecified atom stereocenters. The van der Waals surface area contributed by atoms with Crippen LogP contribution in [-0.4, -0.2) is 36.6 Å². The summed E-state index contributed by atoms with van der Waals surface area (Å²) in [4.78, 5) is 2.75. The van der Waals surface area contributed by atoms with Crippen LogP contribution in [-0.2, 0) is 0 Å². The minimum absolute atomic E-state index is 0.643. The molecule has 2 rings (SSSR count). The van der Waals surface area contributed by atoms with Crippen molar-refractivity contribution >= 4 is 0 Å². The summed E-state index contributed by atoms with van der Waals surface area (Å²) in [6, 6.07) is 1.54. The summed E-state index contributed by atoms with van der Waals surface area (Å²) in [5.41, 5.74) is 0. The molecule has 2 aliphatic rings. The molecule has 2 saturated heterocycles. The second-order valence-corrected chi connectivity index (χ2v) is 5.56. The van der Waals surface area contributed by atoms with Gasteiger partial charge in [-0.25, -0.2) is 0 Å². The van der Waals surface area contributed by atoms with Crippen LogP contribution in [0, 0.1) is 5.92 Å². The fraction of sp³-hybridized carbons (Fsp3) is 1.00. The second kappa shape index (κ2) is 5.31. The summed E-state index contributed by atoms with van der Waals surface area (Å²) in [5, 5.41) is 3.62. The zero-order valence-electron chi connectivity index (χ0n) is 10.3. The maximum absolute atomic E-state index is 3.62. The van der Waals surface area contributed by atoms with Gasteiger partial charge < -0.3 is 10.2 Å². The van der Waals surface area contributed by atoms with Crippen LogP contribution < -0.4 is 5.32 Å². The van der Waals surface area contributed by atoms with Crippen molar-refractivity contribution in [2.75, 3.05) is 19.6 Å². The van der Waals surface area contributed by atoms with Crippen molar-refractivity contribution in [2.45, 2.75) is 58.0 Å². The first-order chi connectivity index (χ1) is 7.27. The van der Waals surface area contributed by atoms with Crippen LogP contribution >= 0.6 is 0 Å². The molecule has 0 saturated carbocycles. The van der Waals surface area contributed by atoms with E-state index in [1.54, 1.807) is 0 Å². The molecular formula is C13H26N2. The summed E-state index contributed by atoms with van der Waals surface area (Å²) in [6.45, 7) is 8.47. The smallest absolute Gasteiger partial charge is 0.0136 e. The molecule has 0 aromatic carbocycles. The molecule has 0 radical (unpaired) electrons. The highest BCUT2D eigenvalue weighted by molar-refractivity contribution is 4.88. The Hall–Kier alpha value is -0.0800. The summed E-state index contributed by atoms with van der Waals surface area (Å²) in [6.07, 6.45) is 7.20. The summed E-state index contributed by atoms with van der Waals surface area (Å²) in [5.74, 6) is 0.918. The average Bonchev–Trinajstić information content (AvgIpc) is 2.26. The summed E-state index contributed by atoms with van der Waals surface area (Å²) < 4.78 is 0. The van der Waals surface area contributed by atoms with Crippen LogP contribution in [0.1, 0.15) is 46.0 Å². The Balaban J connectivity index is 1.86. The zero-order chi connectivity index (χ0) is 10.7. The number of nitrogens with one attached hydrogen (secondary N) is 1. The van der Waals surface area contributed by atoms with Crippen molar-refractivity contribution in [1.29, 1.82) is 0 Å². The Morgan fingerprint density at radius 2 is 1.93 bits per heavy atom. The van der Waals surface area contributed by atoms with E-state index >= 15 is 0 Å². The van der Waals surface area contributed by atoms with E-state index in [2.05, 4.69) is 24.1 Å². The number of fused-ring (bicyclic) bond motifs is 1. The zero-order valence-corrected chi connectivity index (χ0v) is 10.3. The van der Waals surface area contributed by atoms with E-state index in [4.69, 9.17) is 0 Å². The topological polar surface area (TPSA) is 15.3 Å². The van der Waals surface area contributed by atoms with Crippen LogP contribution in [0.2, 0.25) is 0 Å². The quantitative estimate of drug-likeness (QED) is 0.768. The van der Waals surface area contributed by atoms with Crippen molar-refractivity contribution in [3.63, 3.8) is 0 Å². The van der Waals surface area contributed by atoms with Gasteiger partial charge in [-0.05, 0) is 51.2 Å². The van der Waals surface area contributed by atoms with Gasteiger partial charge in [-0.3, -0.25) is 0 Å². The number of rotatable bonds is 3. The lowest BCUT2D eigenvalue weighted by molar-refractivity contribution is 0.0587. The Morgan fingerprint density at radius 1 is 1.13 bits per heavy atom. The minimum atomic E-state index is 0.643. The van der Waals surface area contributed by atoms with Gasteiger partial charge in [0.25, 0.3) is 0 Å². The molecule has 2 fully saturated rings.